The molecule has 0 N–H and O–H groups in total. The van der Waals surface area contributed by atoms with Gasteiger partial charge in [-0.3, -0.25) is 0 Å². The zero-order valence-electron chi connectivity index (χ0n) is 43.7. The second-order valence-corrected chi connectivity index (χ2v) is 25.0. The molecule has 1 nitrogen and oxygen atoms in total. The number of thiophene rings is 1. The molecule has 0 aliphatic heterocycles. The lowest BCUT2D eigenvalue weighted by atomic mass is 9.68. The highest BCUT2D eigenvalue weighted by Crippen LogP contribution is 2.66. The largest absolute Gasteiger partial charge is 0.309 e. The molecule has 0 fully saturated rings. The highest BCUT2D eigenvalue weighted by atomic mass is 32.1. The van der Waals surface area contributed by atoms with E-state index < -0.39 is 10.8 Å². The van der Waals surface area contributed by atoms with Gasteiger partial charge in [-0.05, 0) is 158 Å². The molecule has 0 unspecified atom stereocenters. The summed E-state index contributed by atoms with van der Waals surface area (Å²) in [6.45, 7) is 14.1. The van der Waals surface area contributed by atoms with Crippen molar-refractivity contribution in [1.29, 1.82) is 0 Å². The van der Waals surface area contributed by atoms with Crippen LogP contribution in [0.15, 0.2) is 224 Å². The Kier molecular flexibility index (Phi) is 8.80. The lowest BCUT2D eigenvalue weighted by molar-refractivity contribution is 0.586. The third kappa shape index (κ3) is 5.60. The van der Waals surface area contributed by atoms with Crippen LogP contribution in [-0.2, 0) is 21.7 Å². The Hall–Kier alpha value is -8.30. The van der Waals surface area contributed by atoms with Crippen LogP contribution >= 0.6 is 11.3 Å². The van der Waals surface area contributed by atoms with Crippen molar-refractivity contribution in [2.75, 3.05) is 4.90 Å². The second-order valence-electron chi connectivity index (χ2n) is 23.9. The molecule has 2 heteroatoms. The fraction of sp³-hybridized carbons (Fsp3) is 0.135. The van der Waals surface area contributed by atoms with Gasteiger partial charge in [0.1, 0.15) is 0 Å². The summed E-state index contributed by atoms with van der Waals surface area (Å²) < 4.78 is 2.58. The number of fused-ring (bicyclic) bond motifs is 25. The van der Waals surface area contributed by atoms with Gasteiger partial charge < -0.3 is 4.90 Å². The van der Waals surface area contributed by atoms with Crippen molar-refractivity contribution in [1.82, 2.24) is 0 Å². The Morgan fingerprint density at radius 3 is 1.17 bits per heavy atom. The van der Waals surface area contributed by atoms with Crippen LogP contribution in [-0.4, -0.2) is 0 Å². The van der Waals surface area contributed by atoms with Crippen LogP contribution in [0.4, 0.5) is 17.1 Å². The van der Waals surface area contributed by atoms with Gasteiger partial charge in [0.2, 0.25) is 0 Å². The summed E-state index contributed by atoms with van der Waals surface area (Å²) in [4.78, 5) is 2.64. The number of anilines is 3. The van der Waals surface area contributed by atoms with Gasteiger partial charge in [-0.1, -0.05) is 230 Å². The summed E-state index contributed by atoms with van der Waals surface area (Å²) in [6.07, 6.45) is 0. The van der Waals surface area contributed by atoms with E-state index in [0.717, 1.165) is 11.4 Å². The minimum atomic E-state index is -0.558. The normalized spacial score (nSPS) is 14.7. The van der Waals surface area contributed by atoms with Gasteiger partial charge in [-0.2, -0.15) is 0 Å². The van der Waals surface area contributed by atoms with Crippen LogP contribution in [0.2, 0.25) is 0 Å². The molecule has 0 radical (unpaired) electrons. The molecule has 76 heavy (non-hydrogen) atoms. The molecule has 362 valence electrons. The molecule has 0 saturated carbocycles. The van der Waals surface area contributed by atoms with Crippen molar-refractivity contribution in [3.05, 3.63) is 280 Å². The summed E-state index contributed by atoms with van der Waals surface area (Å²) >= 11 is 1.92. The van der Waals surface area contributed by atoms with E-state index in [4.69, 9.17) is 0 Å². The monoisotopic (exact) mass is 989 g/mol. The molecule has 16 rings (SSSR count). The number of rotatable bonds is 3. The molecule has 4 aliphatic rings. The summed E-state index contributed by atoms with van der Waals surface area (Å²) in [6, 6.07) is 87.1. The van der Waals surface area contributed by atoms with Crippen LogP contribution in [0.25, 0.3) is 75.5 Å². The Morgan fingerprint density at radius 1 is 0.329 bits per heavy atom. The van der Waals surface area contributed by atoms with Crippen LogP contribution < -0.4 is 4.90 Å². The molecule has 1 aromatic heterocycles. The van der Waals surface area contributed by atoms with Crippen LogP contribution in [0.3, 0.4) is 0 Å². The van der Waals surface area contributed by atoms with Gasteiger partial charge in [0.15, 0.2) is 0 Å². The van der Waals surface area contributed by atoms with Crippen molar-refractivity contribution < 1.29 is 0 Å². The van der Waals surface area contributed by atoms with Crippen molar-refractivity contribution in [2.24, 2.45) is 0 Å². The van der Waals surface area contributed by atoms with Gasteiger partial charge in [0, 0.05) is 26.8 Å². The average Bonchev–Trinajstić information content (AvgIpc) is 4.37. The smallest absolute Gasteiger partial charge is 0.0726 e. The number of hydrogen-bond acceptors (Lipinski definition) is 2. The standard InChI is InChI=1S/C74H55NS/c1-71(2,3)45-31-35-54-55-36-32-46(72(4,5)6)41-64(55)74(63(54)40-45)62-29-17-12-24-53(62)57-38-34-48(43-66(57)74)75(67-39-44-19-7-8-20-49(44)69-58-25-13-18-30-68(58)76-70(67)69)47-33-37-56-52-23-11-16-28-61(52)73(65(56)42-47)59-26-14-9-21-50(59)51-22-10-15-27-60(51)73/h7-43H,1-6H3. The minimum Gasteiger partial charge on any atom is -0.309 e. The molecule has 0 amide bonds. The SMILES string of the molecule is CC(C)(C)c1ccc2c(c1)C1(c3ccccc3-c3ccc(N(c4ccc5c(c4)C4(c6ccccc6-c6ccccc64)c4ccccc4-5)c4cc5ccccc5c5c4sc4ccccc45)cc31)c1cc(C(C)(C)C)ccc1-2. The van der Waals surface area contributed by atoms with E-state index in [1.54, 1.807) is 0 Å². The summed E-state index contributed by atoms with van der Waals surface area (Å²) in [5, 5.41) is 5.13. The molecule has 12 aromatic rings. The molecular weight excluding hydrogens is 935 g/mol. The maximum atomic E-state index is 2.64. The zero-order valence-corrected chi connectivity index (χ0v) is 44.5. The van der Waals surface area contributed by atoms with Crippen molar-refractivity contribution >= 4 is 59.3 Å². The quantitative estimate of drug-likeness (QED) is 0.171. The van der Waals surface area contributed by atoms with Gasteiger partial charge in [-0.25, -0.2) is 0 Å². The topological polar surface area (TPSA) is 3.24 Å². The van der Waals surface area contributed by atoms with E-state index in [9.17, 15) is 0 Å². The highest BCUT2D eigenvalue weighted by Gasteiger charge is 2.54. The molecule has 0 bridgehead atoms. The Bertz CT molecular complexity index is 4380. The van der Waals surface area contributed by atoms with Gasteiger partial charge in [0.05, 0.1) is 21.2 Å². The predicted molar refractivity (Wildman–Crippen MR) is 322 cm³/mol. The van der Waals surface area contributed by atoms with Crippen LogP contribution in [0.5, 0.6) is 0 Å². The van der Waals surface area contributed by atoms with E-state index in [0.29, 0.717) is 0 Å². The lowest BCUT2D eigenvalue weighted by Gasteiger charge is -2.34. The van der Waals surface area contributed by atoms with E-state index >= 15 is 0 Å². The second kappa shape index (κ2) is 15.2. The Balaban J connectivity index is 1.03. The molecule has 2 spiro atoms. The van der Waals surface area contributed by atoms with Gasteiger partial charge in [0.25, 0.3) is 0 Å². The first-order valence-electron chi connectivity index (χ1n) is 27.1. The maximum absolute atomic E-state index is 2.64. The molecule has 4 aliphatic carbocycles. The van der Waals surface area contributed by atoms with Crippen molar-refractivity contribution in [3.8, 4) is 44.5 Å². The van der Waals surface area contributed by atoms with E-state index in [1.807, 2.05) is 11.3 Å². The van der Waals surface area contributed by atoms with Gasteiger partial charge >= 0.3 is 0 Å². The average molecular weight is 990 g/mol. The van der Waals surface area contributed by atoms with Crippen molar-refractivity contribution in [2.45, 2.75) is 63.2 Å². The number of nitrogens with zero attached hydrogens (tertiary/aromatic N) is 1. The first-order valence-corrected chi connectivity index (χ1v) is 27.9. The molecule has 0 atom stereocenters. The van der Waals surface area contributed by atoms with E-state index in [-0.39, 0.29) is 10.8 Å². The van der Waals surface area contributed by atoms with Crippen molar-refractivity contribution in [3.63, 3.8) is 0 Å². The zero-order chi connectivity index (χ0) is 51.0. The number of hydrogen-bond donors (Lipinski definition) is 0. The summed E-state index contributed by atoms with van der Waals surface area (Å²) in [5.74, 6) is 0. The molecule has 11 aromatic carbocycles. The first-order chi connectivity index (χ1) is 37.0. The van der Waals surface area contributed by atoms with E-state index in [1.165, 1.54) is 137 Å². The van der Waals surface area contributed by atoms with E-state index in [2.05, 4.69) is 271 Å². The Morgan fingerprint density at radius 2 is 0.697 bits per heavy atom. The van der Waals surface area contributed by atoms with Gasteiger partial charge in [-0.15, -0.1) is 11.3 Å². The third-order valence-corrected chi connectivity index (χ3v) is 19.2. The lowest BCUT2D eigenvalue weighted by Crippen LogP contribution is -2.27. The fourth-order valence-electron chi connectivity index (χ4n) is 14.6. The molecule has 0 saturated heterocycles. The Labute approximate surface area is 449 Å². The first kappa shape index (κ1) is 44.0. The minimum absolute atomic E-state index is 0.0438. The third-order valence-electron chi connectivity index (χ3n) is 18.0. The van der Waals surface area contributed by atoms with Crippen LogP contribution in [0, 0.1) is 0 Å². The maximum Gasteiger partial charge on any atom is 0.0726 e. The fourth-order valence-corrected chi connectivity index (χ4v) is 15.8. The van der Waals surface area contributed by atoms with Crippen LogP contribution in [0.1, 0.15) is 97.2 Å². The molecular formula is C74H55NS. The summed E-state index contributed by atoms with van der Waals surface area (Å²) in [5.41, 5.74) is 26.4. The highest BCUT2D eigenvalue weighted by molar-refractivity contribution is 7.26. The summed E-state index contributed by atoms with van der Waals surface area (Å²) in [7, 11) is 0. The molecule has 1 heterocycles. The number of benzene rings is 11. The predicted octanol–water partition coefficient (Wildman–Crippen LogP) is 20.0.